The molecule has 6 heteroatoms. The highest BCUT2D eigenvalue weighted by atomic mass is 35.5. The number of hydrogen-bond acceptors (Lipinski definition) is 1. The van der Waals surface area contributed by atoms with Crippen LogP contribution in [-0.4, -0.2) is 0 Å². The zero-order valence-corrected chi connectivity index (χ0v) is 12.5. The van der Waals surface area contributed by atoms with Gasteiger partial charge in [0.2, 0.25) is 0 Å². The largest absolute Gasteiger partial charge is 0.417 e. The highest BCUT2D eigenvalue weighted by Gasteiger charge is 2.34. The molecular weight excluding hydrogens is 310 g/mol. The molecule has 1 atom stereocenters. The van der Waals surface area contributed by atoms with Crippen LogP contribution in [0.25, 0.3) is 0 Å². The summed E-state index contributed by atoms with van der Waals surface area (Å²) in [5.74, 6) is 0.274. The Labute approximate surface area is 128 Å². The van der Waals surface area contributed by atoms with Crippen LogP contribution in [0.5, 0.6) is 0 Å². The molecule has 1 fully saturated rings. The lowest BCUT2D eigenvalue weighted by Gasteiger charge is -2.28. The van der Waals surface area contributed by atoms with Gasteiger partial charge in [-0.2, -0.15) is 13.2 Å². The summed E-state index contributed by atoms with van der Waals surface area (Å²) in [5.41, 5.74) is 5.86. The Morgan fingerprint density at radius 2 is 1.75 bits per heavy atom. The monoisotopic (exact) mass is 327 g/mol. The Bertz CT molecular complexity index is 443. The van der Waals surface area contributed by atoms with Gasteiger partial charge in [-0.15, -0.1) is 12.4 Å². The first-order chi connectivity index (χ1) is 8.89. The lowest BCUT2D eigenvalue weighted by atomic mass is 9.81. The van der Waals surface area contributed by atoms with Crippen LogP contribution in [0.2, 0.25) is 5.02 Å². The van der Waals surface area contributed by atoms with Gasteiger partial charge in [0.25, 0.3) is 0 Å². The van der Waals surface area contributed by atoms with Crippen molar-refractivity contribution in [3.05, 3.63) is 34.3 Å². The van der Waals surface area contributed by atoms with Crippen LogP contribution in [0.15, 0.2) is 18.2 Å². The fourth-order valence-corrected chi connectivity index (χ4v) is 2.96. The maximum atomic E-state index is 12.8. The van der Waals surface area contributed by atoms with Crippen molar-refractivity contribution in [2.24, 2.45) is 11.7 Å². The molecule has 1 aromatic rings. The van der Waals surface area contributed by atoms with Crippen molar-refractivity contribution in [1.82, 2.24) is 0 Å². The molecule has 1 nitrogen and oxygen atoms in total. The van der Waals surface area contributed by atoms with E-state index >= 15 is 0 Å². The molecule has 1 saturated carbocycles. The second-order valence-electron chi connectivity index (χ2n) is 5.16. The predicted molar refractivity (Wildman–Crippen MR) is 77.2 cm³/mol. The zero-order valence-electron chi connectivity index (χ0n) is 10.9. The number of benzene rings is 1. The number of hydrogen-bond donors (Lipinski definition) is 1. The van der Waals surface area contributed by atoms with Crippen molar-refractivity contribution in [2.75, 3.05) is 0 Å². The van der Waals surface area contributed by atoms with Gasteiger partial charge in [-0.25, -0.2) is 0 Å². The van der Waals surface area contributed by atoms with E-state index in [1.165, 1.54) is 12.5 Å². The maximum absolute atomic E-state index is 12.8. The van der Waals surface area contributed by atoms with Crippen molar-refractivity contribution in [2.45, 2.75) is 44.3 Å². The Morgan fingerprint density at radius 1 is 1.15 bits per heavy atom. The molecule has 0 unspecified atom stereocenters. The minimum absolute atomic E-state index is 0. The number of alkyl halides is 3. The van der Waals surface area contributed by atoms with E-state index in [1.807, 2.05) is 0 Å². The summed E-state index contributed by atoms with van der Waals surface area (Å²) in [4.78, 5) is 0. The van der Waals surface area contributed by atoms with Gasteiger partial charge in [-0.1, -0.05) is 36.9 Å². The molecule has 0 aliphatic heterocycles. The summed E-state index contributed by atoms with van der Waals surface area (Å²) in [6.07, 6.45) is 0.962. The first-order valence-corrected chi connectivity index (χ1v) is 6.89. The summed E-state index contributed by atoms with van der Waals surface area (Å²) in [7, 11) is 0. The van der Waals surface area contributed by atoms with Crippen LogP contribution in [0, 0.1) is 5.92 Å². The molecule has 0 bridgehead atoms. The third-order valence-electron chi connectivity index (χ3n) is 3.84. The van der Waals surface area contributed by atoms with Crippen LogP contribution in [-0.2, 0) is 6.18 Å². The minimum atomic E-state index is -4.43. The molecule has 0 aromatic heterocycles. The van der Waals surface area contributed by atoms with Gasteiger partial charge in [0.05, 0.1) is 10.6 Å². The first-order valence-electron chi connectivity index (χ1n) is 6.52. The average Bonchev–Trinajstić information content (AvgIpc) is 2.38. The van der Waals surface area contributed by atoms with Gasteiger partial charge in [0.15, 0.2) is 0 Å². The normalized spacial score (nSPS) is 18.4. The quantitative estimate of drug-likeness (QED) is 0.777. The van der Waals surface area contributed by atoms with Crippen LogP contribution in [0.3, 0.4) is 0 Å². The van der Waals surface area contributed by atoms with E-state index in [0.29, 0.717) is 5.56 Å². The zero-order chi connectivity index (χ0) is 14.0. The van der Waals surface area contributed by atoms with Gasteiger partial charge in [0, 0.05) is 6.04 Å². The van der Waals surface area contributed by atoms with Crippen LogP contribution in [0.1, 0.15) is 49.3 Å². The second-order valence-corrected chi connectivity index (χ2v) is 5.57. The van der Waals surface area contributed by atoms with E-state index in [-0.39, 0.29) is 29.4 Å². The maximum Gasteiger partial charge on any atom is 0.417 e. The molecule has 20 heavy (non-hydrogen) atoms. The molecule has 0 radical (unpaired) electrons. The molecule has 0 heterocycles. The third kappa shape index (κ3) is 4.03. The summed E-state index contributed by atoms with van der Waals surface area (Å²) in [6.45, 7) is 0. The molecule has 1 aliphatic rings. The Balaban J connectivity index is 0.00000200. The van der Waals surface area contributed by atoms with Crippen molar-refractivity contribution in [3.63, 3.8) is 0 Å². The van der Waals surface area contributed by atoms with E-state index in [1.54, 1.807) is 6.07 Å². The van der Waals surface area contributed by atoms with Crippen molar-refractivity contribution >= 4 is 24.0 Å². The summed E-state index contributed by atoms with van der Waals surface area (Å²) in [6, 6.07) is 3.67. The molecule has 114 valence electrons. The summed E-state index contributed by atoms with van der Waals surface area (Å²) in [5, 5.41) is -0.271. The molecule has 0 saturated heterocycles. The first kappa shape index (κ1) is 17.6. The van der Waals surface area contributed by atoms with E-state index in [4.69, 9.17) is 17.3 Å². The Kier molecular flexibility index (Phi) is 6.17. The summed E-state index contributed by atoms with van der Waals surface area (Å²) >= 11 is 5.61. The fourth-order valence-electron chi connectivity index (χ4n) is 2.73. The Morgan fingerprint density at radius 3 is 2.30 bits per heavy atom. The topological polar surface area (TPSA) is 26.0 Å². The van der Waals surface area contributed by atoms with Gasteiger partial charge in [-0.05, 0) is 36.5 Å². The standard InChI is InChI=1S/C14H17ClF3N.ClH/c15-12-7-6-10(8-11(12)14(16,17)18)13(19)9-4-2-1-3-5-9;/h6-9,13H,1-5,19H2;1H/t13-;/m0./s1. The van der Waals surface area contributed by atoms with E-state index in [9.17, 15) is 13.2 Å². The van der Waals surface area contributed by atoms with Crippen molar-refractivity contribution < 1.29 is 13.2 Å². The van der Waals surface area contributed by atoms with E-state index < -0.39 is 11.7 Å². The molecule has 1 aliphatic carbocycles. The number of nitrogens with two attached hydrogens (primary N) is 1. The molecule has 1 aromatic carbocycles. The van der Waals surface area contributed by atoms with E-state index in [2.05, 4.69) is 0 Å². The van der Waals surface area contributed by atoms with Crippen LogP contribution in [0.4, 0.5) is 13.2 Å². The van der Waals surface area contributed by atoms with Gasteiger partial charge in [-0.3, -0.25) is 0 Å². The van der Waals surface area contributed by atoms with Crippen LogP contribution < -0.4 is 5.73 Å². The highest BCUT2D eigenvalue weighted by molar-refractivity contribution is 6.31. The molecule has 2 N–H and O–H groups in total. The Hall–Kier alpha value is -0.450. The van der Waals surface area contributed by atoms with Gasteiger partial charge < -0.3 is 5.73 Å². The number of halogens is 5. The van der Waals surface area contributed by atoms with Gasteiger partial charge in [0.1, 0.15) is 0 Å². The minimum Gasteiger partial charge on any atom is -0.324 e. The highest BCUT2D eigenvalue weighted by Crippen LogP contribution is 2.38. The molecule has 0 amide bonds. The van der Waals surface area contributed by atoms with E-state index in [0.717, 1.165) is 31.7 Å². The lowest BCUT2D eigenvalue weighted by Crippen LogP contribution is -2.24. The molecular formula is C14H18Cl2F3N. The fraction of sp³-hybridized carbons (Fsp3) is 0.571. The summed E-state index contributed by atoms with van der Waals surface area (Å²) < 4.78 is 38.4. The van der Waals surface area contributed by atoms with Gasteiger partial charge >= 0.3 is 6.18 Å². The number of rotatable bonds is 2. The average molecular weight is 328 g/mol. The lowest BCUT2D eigenvalue weighted by molar-refractivity contribution is -0.137. The predicted octanol–water partition coefficient (Wildman–Crippen LogP) is 5.36. The van der Waals surface area contributed by atoms with Crippen molar-refractivity contribution in [3.8, 4) is 0 Å². The molecule has 2 rings (SSSR count). The van der Waals surface area contributed by atoms with Crippen molar-refractivity contribution in [1.29, 1.82) is 0 Å². The SMILES string of the molecule is Cl.N[C@H](c1ccc(Cl)c(C(F)(F)F)c1)C1CCCCC1. The smallest absolute Gasteiger partial charge is 0.324 e. The van der Waals surface area contributed by atoms with Crippen LogP contribution >= 0.6 is 24.0 Å². The second kappa shape index (κ2) is 7.01. The third-order valence-corrected chi connectivity index (χ3v) is 4.17. The molecule has 0 spiro atoms.